The summed E-state index contributed by atoms with van der Waals surface area (Å²) in [6, 6.07) is 10.3. The first kappa shape index (κ1) is 18.5. The zero-order chi connectivity index (χ0) is 18.7. The quantitative estimate of drug-likeness (QED) is 0.478. The fourth-order valence-corrected chi connectivity index (χ4v) is 3.21. The number of carbonyl (C=O) groups is 1. The maximum Gasteiger partial charge on any atom is 0.310 e. The number of hydrogen-bond acceptors (Lipinski definition) is 3. The second-order valence-electron chi connectivity index (χ2n) is 7.11. The minimum absolute atomic E-state index is 0.209. The maximum absolute atomic E-state index is 11.8. The highest BCUT2D eigenvalue weighted by Crippen LogP contribution is 2.44. The van der Waals surface area contributed by atoms with E-state index in [9.17, 15) is 4.79 Å². The van der Waals surface area contributed by atoms with E-state index in [-0.39, 0.29) is 5.97 Å². The third kappa shape index (κ3) is 4.09. The Labute approximate surface area is 156 Å². The van der Waals surface area contributed by atoms with Gasteiger partial charge in [-0.25, -0.2) is 0 Å². The van der Waals surface area contributed by atoms with E-state index in [1.54, 1.807) is 0 Å². The second kappa shape index (κ2) is 7.94. The predicted molar refractivity (Wildman–Crippen MR) is 104 cm³/mol. The zero-order valence-electron chi connectivity index (χ0n) is 16.2. The van der Waals surface area contributed by atoms with Gasteiger partial charge in [0.05, 0.1) is 0 Å². The van der Waals surface area contributed by atoms with Crippen LogP contribution in [0.15, 0.2) is 30.3 Å². The van der Waals surface area contributed by atoms with Crippen molar-refractivity contribution in [2.24, 2.45) is 0 Å². The van der Waals surface area contributed by atoms with Crippen LogP contribution in [0.1, 0.15) is 66.8 Å². The molecule has 0 saturated heterocycles. The van der Waals surface area contributed by atoms with Crippen molar-refractivity contribution < 1.29 is 14.3 Å². The molecule has 1 aliphatic carbocycles. The molecular formula is C23H28O3. The van der Waals surface area contributed by atoms with Crippen LogP contribution in [0.2, 0.25) is 0 Å². The van der Waals surface area contributed by atoms with Crippen LogP contribution < -0.4 is 9.47 Å². The van der Waals surface area contributed by atoms with Crippen LogP contribution in [0.3, 0.4) is 0 Å². The molecule has 3 heteroatoms. The summed E-state index contributed by atoms with van der Waals surface area (Å²) in [6.45, 7) is 8.61. The molecule has 138 valence electrons. The van der Waals surface area contributed by atoms with Crippen molar-refractivity contribution in [2.45, 2.75) is 65.9 Å². The molecule has 3 nitrogen and oxygen atoms in total. The number of carbonyl (C=O) groups excluding carboxylic acids is 1. The van der Waals surface area contributed by atoms with E-state index >= 15 is 0 Å². The molecule has 2 aromatic rings. The van der Waals surface area contributed by atoms with Gasteiger partial charge in [-0.15, -0.1) is 0 Å². The van der Waals surface area contributed by atoms with E-state index in [0.717, 1.165) is 17.7 Å². The lowest BCUT2D eigenvalue weighted by atomic mass is 10.0. The summed E-state index contributed by atoms with van der Waals surface area (Å²) in [6.07, 6.45) is 3.69. The molecule has 0 N–H and O–H groups in total. The van der Waals surface area contributed by atoms with Gasteiger partial charge in [0.25, 0.3) is 0 Å². The van der Waals surface area contributed by atoms with Crippen LogP contribution >= 0.6 is 0 Å². The van der Waals surface area contributed by atoms with Crippen LogP contribution in [-0.2, 0) is 17.8 Å². The molecule has 0 amide bonds. The van der Waals surface area contributed by atoms with Gasteiger partial charge in [-0.3, -0.25) is 4.79 Å². The standard InChI is InChI=1S/C23H28O3/c1-5-17-12-15(3)16(4)13-22(17)25-14-20-19(18-10-11-18)8-7-9-21(20)26-23(24)6-2/h7-9,12-13,18H,5-6,10-11,14H2,1-4H3. The van der Waals surface area contributed by atoms with Crippen molar-refractivity contribution in [1.82, 2.24) is 0 Å². The lowest BCUT2D eigenvalue weighted by molar-refractivity contribution is -0.134. The van der Waals surface area contributed by atoms with Gasteiger partial charge < -0.3 is 9.47 Å². The molecule has 0 heterocycles. The topological polar surface area (TPSA) is 35.5 Å². The number of aryl methyl sites for hydroxylation is 3. The van der Waals surface area contributed by atoms with Crippen LogP contribution in [0.25, 0.3) is 0 Å². The third-order valence-corrected chi connectivity index (χ3v) is 5.13. The van der Waals surface area contributed by atoms with Crippen LogP contribution in [-0.4, -0.2) is 5.97 Å². The molecule has 26 heavy (non-hydrogen) atoms. The SMILES string of the molecule is CCC(=O)Oc1cccc(C2CC2)c1COc1cc(C)c(C)cc1CC. The largest absolute Gasteiger partial charge is 0.488 e. The summed E-state index contributed by atoms with van der Waals surface area (Å²) in [5.41, 5.74) is 5.99. The third-order valence-electron chi connectivity index (χ3n) is 5.13. The number of esters is 1. The molecule has 0 bridgehead atoms. The summed E-state index contributed by atoms with van der Waals surface area (Å²) < 4.78 is 11.8. The molecule has 0 unspecified atom stereocenters. The molecule has 0 atom stereocenters. The highest BCUT2D eigenvalue weighted by atomic mass is 16.5. The van der Waals surface area contributed by atoms with E-state index in [1.807, 2.05) is 19.1 Å². The van der Waals surface area contributed by atoms with Gasteiger partial charge in [0.2, 0.25) is 0 Å². The van der Waals surface area contributed by atoms with E-state index in [4.69, 9.17) is 9.47 Å². The van der Waals surface area contributed by atoms with Crippen molar-refractivity contribution in [2.75, 3.05) is 0 Å². The number of rotatable bonds is 7. The number of ether oxygens (including phenoxy) is 2. The monoisotopic (exact) mass is 352 g/mol. The van der Waals surface area contributed by atoms with Gasteiger partial charge in [-0.2, -0.15) is 0 Å². The van der Waals surface area contributed by atoms with Gasteiger partial charge >= 0.3 is 5.97 Å². The Morgan fingerprint density at radius 2 is 1.81 bits per heavy atom. The smallest absolute Gasteiger partial charge is 0.310 e. The first-order chi connectivity index (χ1) is 12.5. The Kier molecular flexibility index (Phi) is 5.65. The molecule has 1 saturated carbocycles. The molecule has 2 aromatic carbocycles. The van der Waals surface area contributed by atoms with E-state index in [0.29, 0.717) is 24.7 Å². The highest BCUT2D eigenvalue weighted by Gasteiger charge is 2.28. The molecule has 3 rings (SSSR count). The molecule has 0 aliphatic heterocycles. The Bertz CT molecular complexity index is 803. The Balaban J connectivity index is 1.89. The first-order valence-corrected chi connectivity index (χ1v) is 9.58. The average Bonchev–Trinajstić information content (AvgIpc) is 3.47. The molecule has 0 spiro atoms. The summed E-state index contributed by atoms with van der Waals surface area (Å²) in [5.74, 6) is 1.93. The maximum atomic E-state index is 11.8. The lowest BCUT2D eigenvalue weighted by Gasteiger charge is -2.17. The number of hydrogen-bond donors (Lipinski definition) is 0. The fourth-order valence-electron chi connectivity index (χ4n) is 3.21. The molecule has 0 aromatic heterocycles. The van der Waals surface area contributed by atoms with E-state index < -0.39 is 0 Å². The van der Waals surface area contributed by atoms with Crippen LogP contribution in [0, 0.1) is 13.8 Å². The van der Waals surface area contributed by atoms with E-state index in [2.05, 4.69) is 39.0 Å². The molecule has 1 fully saturated rings. The molecule has 1 aliphatic rings. The first-order valence-electron chi connectivity index (χ1n) is 9.58. The molecular weight excluding hydrogens is 324 g/mol. The number of benzene rings is 2. The predicted octanol–water partition coefficient (Wildman–Crippen LogP) is 5.64. The van der Waals surface area contributed by atoms with Crippen molar-refractivity contribution in [1.29, 1.82) is 0 Å². The summed E-state index contributed by atoms with van der Waals surface area (Å²) in [5, 5.41) is 0. The van der Waals surface area contributed by atoms with Gasteiger partial charge in [-0.05, 0) is 73.4 Å². The second-order valence-corrected chi connectivity index (χ2v) is 7.11. The van der Waals surface area contributed by atoms with Crippen molar-refractivity contribution >= 4 is 5.97 Å². The van der Waals surface area contributed by atoms with Gasteiger partial charge in [0.15, 0.2) is 0 Å². The fraction of sp³-hybridized carbons (Fsp3) is 0.435. The van der Waals surface area contributed by atoms with Crippen molar-refractivity contribution in [3.8, 4) is 11.5 Å². The molecule has 0 radical (unpaired) electrons. The highest BCUT2D eigenvalue weighted by molar-refractivity contribution is 5.72. The summed E-state index contributed by atoms with van der Waals surface area (Å²) in [4.78, 5) is 11.8. The van der Waals surface area contributed by atoms with Gasteiger partial charge in [-0.1, -0.05) is 32.0 Å². The normalized spacial score (nSPS) is 13.5. The zero-order valence-corrected chi connectivity index (χ0v) is 16.2. The summed E-state index contributed by atoms with van der Waals surface area (Å²) in [7, 11) is 0. The van der Waals surface area contributed by atoms with Crippen molar-refractivity contribution in [3.63, 3.8) is 0 Å². The Morgan fingerprint density at radius 1 is 1.08 bits per heavy atom. The Morgan fingerprint density at radius 3 is 2.46 bits per heavy atom. The van der Waals surface area contributed by atoms with Crippen LogP contribution in [0.5, 0.6) is 11.5 Å². The van der Waals surface area contributed by atoms with E-state index in [1.165, 1.54) is 35.1 Å². The summed E-state index contributed by atoms with van der Waals surface area (Å²) >= 11 is 0. The van der Waals surface area contributed by atoms with Gasteiger partial charge in [0, 0.05) is 12.0 Å². The minimum Gasteiger partial charge on any atom is -0.488 e. The minimum atomic E-state index is -0.209. The van der Waals surface area contributed by atoms with Crippen molar-refractivity contribution in [3.05, 3.63) is 58.1 Å². The average molecular weight is 352 g/mol. The lowest BCUT2D eigenvalue weighted by Crippen LogP contribution is -2.10. The van der Waals surface area contributed by atoms with Gasteiger partial charge in [0.1, 0.15) is 18.1 Å². The van der Waals surface area contributed by atoms with Crippen LogP contribution in [0.4, 0.5) is 0 Å². The Hall–Kier alpha value is -2.29.